The molecule has 4 rings (SSSR count). The molecular weight excluding hydrogens is 465 g/mol. The molecule has 0 saturated heterocycles. The molecule has 0 radical (unpaired) electrons. The predicted molar refractivity (Wildman–Crippen MR) is 123 cm³/mol. The first-order valence-electron chi connectivity index (χ1n) is 11.4. The van der Waals surface area contributed by atoms with E-state index in [9.17, 15) is 28.2 Å². The van der Waals surface area contributed by atoms with Crippen molar-refractivity contribution in [1.82, 2.24) is 19.5 Å². The molecule has 4 N–H and O–H groups in total. The van der Waals surface area contributed by atoms with Crippen LogP contribution in [0.15, 0.2) is 24.3 Å². The van der Waals surface area contributed by atoms with Crippen LogP contribution in [0.25, 0.3) is 11.2 Å². The van der Waals surface area contributed by atoms with Crippen LogP contribution < -0.4 is 10.6 Å². The van der Waals surface area contributed by atoms with Gasteiger partial charge >= 0.3 is 12.1 Å². The molecule has 2 atom stereocenters. The summed E-state index contributed by atoms with van der Waals surface area (Å²) in [6.07, 6.45) is -1.20. The second-order valence-corrected chi connectivity index (χ2v) is 8.94. The first-order valence-corrected chi connectivity index (χ1v) is 11.4. The lowest BCUT2D eigenvalue weighted by molar-refractivity contribution is -0.137. The molecule has 1 fully saturated rings. The van der Waals surface area contributed by atoms with E-state index in [1.807, 2.05) is 6.92 Å². The van der Waals surface area contributed by atoms with Crippen LogP contribution in [0.3, 0.4) is 0 Å². The van der Waals surface area contributed by atoms with Crippen LogP contribution in [0, 0.1) is 5.92 Å². The summed E-state index contributed by atoms with van der Waals surface area (Å²) < 4.78 is 40.7. The van der Waals surface area contributed by atoms with Crippen molar-refractivity contribution >= 4 is 28.9 Å². The van der Waals surface area contributed by atoms with Crippen LogP contribution in [-0.2, 0) is 12.7 Å². The van der Waals surface area contributed by atoms with Gasteiger partial charge in [0.1, 0.15) is 5.52 Å². The maximum Gasteiger partial charge on any atom is 0.416 e. The quantitative estimate of drug-likeness (QED) is 0.354. The lowest BCUT2D eigenvalue weighted by Crippen LogP contribution is -2.31. The highest BCUT2D eigenvalue weighted by Crippen LogP contribution is 2.34. The summed E-state index contributed by atoms with van der Waals surface area (Å²) >= 11 is 0. The molecule has 35 heavy (non-hydrogen) atoms. The number of alkyl halides is 3. The summed E-state index contributed by atoms with van der Waals surface area (Å²) in [5.74, 6) is -0.719. The number of carboxylic acid groups (broad SMARTS) is 1. The van der Waals surface area contributed by atoms with E-state index in [2.05, 4.69) is 25.6 Å². The molecule has 0 bridgehead atoms. The number of nitrogens with zero attached hydrogens (tertiary/aromatic N) is 4. The Bertz CT molecular complexity index is 1210. The second-order valence-electron chi connectivity index (χ2n) is 8.94. The number of carbonyl (C=O) groups is 1. The van der Waals surface area contributed by atoms with E-state index in [0.717, 1.165) is 31.4 Å². The number of hydrogen-bond donors (Lipinski definition) is 4. The van der Waals surface area contributed by atoms with Gasteiger partial charge in [-0.05, 0) is 50.3 Å². The zero-order valence-electron chi connectivity index (χ0n) is 19.3. The topological polar surface area (TPSA) is 125 Å². The number of anilines is 2. The van der Waals surface area contributed by atoms with Gasteiger partial charge in [0.05, 0.1) is 18.7 Å². The molecule has 12 heteroatoms. The standard InChI is InChI=1S/C23H27F3N6O3/c1-12(11-33)27-22-31-19-17(32(22)10-14-6-8-16(9-7-14)23(24,25)26)18(29-20(30-19)21(34)35)28-13(2)15-4-3-5-15/h6-9,12-13,15,33H,3-5,10-11H2,1-2H3,(H,34,35)(H2,27,28,29,30,31)/t12-,13-/m1/s1. The number of rotatable bonds is 9. The van der Waals surface area contributed by atoms with E-state index in [1.54, 1.807) is 11.5 Å². The van der Waals surface area contributed by atoms with Crippen LogP contribution in [0.4, 0.5) is 24.9 Å². The Labute approximate surface area is 199 Å². The van der Waals surface area contributed by atoms with Crippen LogP contribution in [0.2, 0.25) is 0 Å². The largest absolute Gasteiger partial charge is 0.475 e. The Hall–Kier alpha value is -3.41. The van der Waals surface area contributed by atoms with Gasteiger partial charge in [-0.3, -0.25) is 0 Å². The molecule has 3 aromatic rings. The molecule has 1 aliphatic carbocycles. The summed E-state index contributed by atoms with van der Waals surface area (Å²) in [7, 11) is 0. The van der Waals surface area contributed by atoms with E-state index < -0.39 is 29.6 Å². The molecule has 2 aromatic heterocycles. The maximum absolute atomic E-state index is 13.0. The van der Waals surface area contributed by atoms with Crippen molar-refractivity contribution in [3.8, 4) is 0 Å². The second kappa shape index (κ2) is 9.68. The highest BCUT2D eigenvalue weighted by molar-refractivity contribution is 5.91. The smallest absolute Gasteiger partial charge is 0.416 e. The first kappa shape index (κ1) is 24.7. The molecule has 1 saturated carbocycles. The normalized spacial score (nSPS) is 16.1. The zero-order valence-corrected chi connectivity index (χ0v) is 19.3. The lowest BCUT2D eigenvalue weighted by atomic mass is 9.80. The fourth-order valence-electron chi connectivity index (χ4n) is 4.02. The third-order valence-electron chi connectivity index (χ3n) is 6.29. The number of fused-ring (bicyclic) bond motifs is 1. The fraction of sp³-hybridized carbons (Fsp3) is 0.478. The Morgan fingerprint density at radius 1 is 1.14 bits per heavy atom. The number of aromatic nitrogens is 4. The van der Waals surface area contributed by atoms with Crippen molar-refractivity contribution in [2.45, 2.75) is 57.9 Å². The van der Waals surface area contributed by atoms with Crippen molar-refractivity contribution in [3.63, 3.8) is 0 Å². The molecule has 0 amide bonds. The van der Waals surface area contributed by atoms with Crippen LogP contribution in [-0.4, -0.2) is 54.4 Å². The number of halogens is 3. The average molecular weight is 493 g/mol. The van der Waals surface area contributed by atoms with Crippen molar-refractivity contribution in [3.05, 3.63) is 41.2 Å². The fourth-order valence-corrected chi connectivity index (χ4v) is 4.02. The molecule has 9 nitrogen and oxygen atoms in total. The number of imidazole rings is 1. The highest BCUT2D eigenvalue weighted by Gasteiger charge is 2.30. The minimum atomic E-state index is -4.45. The molecule has 0 spiro atoms. The van der Waals surface area contributed by atoms with Gasteiger partial charge in [-0.15, -0.1) is 0 Å². The number of aromatic carboxylic acids is 1. The number of benzene rings is 1. The first-order chi connectivity index (χ1) is 16.6. The average Bonchev–Trinajstić information content (AvgIpc) is 3.09. The molecular formula is C23H27F3N6O3. The summed E-state index contributed by atoms with van der Waals surface area (Å²) in [5, 5.41) is 25.4. The van der Waals surface area contributed by atoms with Gasteiger partial charge in [0.25, 0.3) is 0 Å². The Morgan fingerprint density at radius 2 is 1.83 bits per heavy atom. The number of nitrogens with one attached hydrogen (secondary N) is 2. The third kappa shape index (κ3) is 5.31. The van der Waals surface area contributed by atoms with Crippen LogP contribution >= 0.6 is 0 Å². The predicted octanol–water partition coefficient (Wildman–Crippen LogP) is 3.98. The van der Waals surface area contributed by atoms with Gasteiger partial charge in [-0.1, -0.05) is 18.6 Å². The molecule has 2 heterocycles. The molecule has 1 aromatic carbocycles. The summed E-state index contributed by atoms with van der Waals surface area (Å²) in [6, 6.07) is 4.40. The van der Waals surface area contributed by atoms with E-state index in [0.29, 0.717) is 17.0 Å². The minimum Gasteiger partial charge on any atom is -0.475 e. The van der Waals surface area contributed by atoms with Crippen molar-refractivity contribution in [2.24, 2.45) is 5.92 Å². The number of carboxylic acids is 1. The Kier molecular flexibility index (Phi) is 6.84. The van der Waals surface area contributed by atoms with Gasteiger partial charge < -0.3 is 25.4 Å². The van der Waals surface area contributed by atoms with E-state index in [4.69, 9.17) is 0 Å². The number of hydrogen-bond acceptors (Lipinski definition) is 7. The van der Waals surface area contributed by atoms with Crippen LogP contribution in [0.1, 0.15) is 54.9 Å². The van der Waals surface area contributed by atoms with Gasteiger partial charge in [0.15, 0.2) is 11.5 Å². The SMILES string of the molecule is C[C@H](CO)Nc1nc2nc(C(=O)O)nc(N[C@H](C)C3CCC3)c2n1Cc1ccc(C(F)(F)F)cc1. The van der Waals surface area contributed by atoms with Crippen LogP contribution in [0.5, 0.6) is 0 Å². The Balaban J connectivity index is 1.81. The Morgan fingerprint density at radius 3 is 2.37 bits per heavy atom. The molecule has 0 unspecified atom stereocenters. The monoisotopic (exact) mass is 492 g/mol. The number of aliphatic hydroxyl groups excluding tert-OH is 1. The highest BCUT2D eigenvalue weighted by atomic mass is 19.4. The van der Waals surface area contributed by atoms with Gasteiger partial charge in [0.2, 0.25) is 11.8 Å². The van der Waals surface area contributed by atoms with E-state index in [-0.39, 0.29) is 36.6 Å². The maximum atomic E-state index is 13.0. The third-order valence-corrected chi connectivity index (χ3v) is 6.29. The molecule has 0 aliphatic heterocycles. The van der Waals surface area contributed by atoms with Crippen molar-refractivity contribution < 1.29 is 28.2 Å². The lowest BCUT2D eigenvalue weighted by Gasteiger charge is -2.32. The summed E-state index contributed by atoms with van der Waals surface area (Å²) in [4.78, 5) is 24.4. The van der Waals surface area contributed by atoms with Crippen molar-refractivity contribution in [2.75, 3.05) is 17.2 Å². The summed E-state index contributed by atoms with van der Waals surface area (Å²) in [5.41, 5.74) is 0.362. The number of aliphatic hydroxyl groups is 1. The van der Waals surface area contributed by atoms with E-state index >= 15 is 0 Å². The van der Waals surface area contributed by atoms with Crippen molar-refractivity contribution in [1.29, 1.82) is 0 Å². The molecule has 188 valence electrons. The van der Waals surface area contributed by atoms with E-state index in [1.165, 1.54) is 12.1 Å². The van der Waals surface area contributed by atoms with Gasteiger partial charge in [-0.2, -0.15) is 18.2 Å². The van der Waals surface area contributed by atoms with Gasteiger partial charge in [0, 0.05) is 12.1 Å². The molecule has 1 aliphatic rings. The van der Waals surface area contributed by atoms with Gasteiger partial charge in [-0.25, -0.2) is 14.8 Å². The summed E-state index contributed by atoms with van der Waals surface area (Å²) in [6.45, 7) is 3.66. The minimum absolute atomic E-state index is 0.0192. The zero-order chi connectivity index (χ0) is 25.3.